The Kier molecular flexibility index (Phi) is 1.61. The van der Waals surface area contributed by atoms with Crippen molar-refractivity contribution in [1.29, 1.82) is 0 Å². The standard InChI is InChI=1S/C11H7BrN2/c12-8-2-1-3-9-11(8)7-4-5-13-6-10(7)14-9/h1-6,14H. The third-order valence-corrected chi connectivity index (χ3v) is 3.03. The van der Waals surface area contributed by atoms with E-state index in [1.807, 2.05) is 24.5 Å². The van der Waals surface area contributed by atoms with Crippen LogP contribution in [0.4, 0.5) is 0 Å². The van der Waals surface area contributed by atoms with Gasteiger partial charge >= 0.3 is 0 Å². The molecule has 0 amide bonds. The first kappa shape index (κ1) is 8.00. The Balaban J connectivity index is 2.65. The Morgan fingerprint density at radius 3 is 3.00 bits per heavy atom. The average Bonchev–Trinajstić information content (AvgIpc) is 2.57. The minimum absolute atomic E-state index is 1.08. The van der Waals surface area contributed by atoms with Crippen molar-refractivity contribution in [2.24, 2.45) is 0 Å². The van der Waals surface area contributed by atoms with Crippen LogP contribution >= 0.6 is 15.9 Å². The highest BCUT2D eigenvalue weighted by Gasteiger charge is 2.05. The molecule has 1 aromatic carbocycles. The van der Waals surface area contributed by atoms with Gasteiger partial charge in [0.1, 0.15) is 0 Å². The van der Waals surface area contributed by atoms with Gasteiger partial charge in [-0.3, -0.25) is 4.98 Å². The van der Waals surface area contributed by atoms with Crippen molar-refractivity contribution in [3.05, 3.63) is 41.1 Å². The van der Waals surface area contributed by atoms with Gasteiger partial charge < -0.3 is 4.98 Å². The Labute approximate surface area is 89.1 Å². The monoisotopic (exact) mass is 246 g/mol. The van der Waals surface area contributed by atoms with Crippen molar-refractivity contribution in [1.82, 2.24) is 9.97 Å². The summed E-state index contributed by atoms with van der Waals surface area (Å²) < 4.78 is 1.12. The zero-order valence-corrected chi connectivity index (χ0v) is 8.88. The summed E-state index contributed by atoms with van der Waals surface area (Å²) in [5, 5.41) is 2.44. The Hall–Kier alpha value is -1.35. The lowest BCUT2D eigenvalue weighted by Gasteiger charge is -1.93. The van der Waals surface area contributed by atoms with E-state index in [2.05, 4.69) is 38.0 Å². The molecule has 0 aliphatic carbocycles. The zero-order valence-electron chi connectivity index (χ0n) is 7.29. The lowest BCUT2D eigenvalue weighted by molar-refractivity contribution is 1.35. The van der Waals surface area contributed by atoms with Gasteiger partial charge in [0, 0.05) is 27.0 Å². The Morgan fingerprint density at radius 2 is 2.07 bits per heavy atom. The van der Waals surface area contributed by atoms with E-state index in [1.54, 1.807) is 0 Å². The van der Waals surface area contributed by atoms with E-state index in [0.29, 0.717) is 0 Å². The van der Waals surface area contributed by atoms with Crippen LogP contribution in [0.5, 0.6) is 0 Å². The highest BCUT2D eigenvalue weighted by atomic mass is 79.9. The first-order chi connectivity index (χ1) is 6.86. The molecule has 0 aliphatic heterocycles. The molecular formula is C11H7BrN2. The minimum Gasteiger partial charge on any atom is -0.353 e. The van der Waals surface area contributed by atoms with Gasteiger partial charge in [0.25, 0.3) is 0 Å². The maximum Gasteiger partial charge on any atom is 0.0651 e. The molecule has 0 aliphatic rings. The van der Waals surface area contributed by atoms with E-state index in [1.165, 1.54) is 10.8 Å². The predicted octanol–water partition coefficient (Wildman–Crippen LogP) is 3.48. The molecule has 2 nitrogen and oxygen atoms in total. The second-order valence-corrected chi connectivity index (χ2v) is 4.06. The van der Waals surface area contributed by atoms with Crippen molar-refractivity contribution in [3.63, 3.8) is 0 Å². The number of hydrogen-bond acceptors (Lipinski definition) is 1. The quantitative estimate of drug-likeness (QED) is 0.647. The number of benzene rings is 1. The van der Waals surface area contributed by atoms with Crippen LogP contribution in [0, 0.1) is 0 Å². The van der Waals surface area contributed by atoms with Gasteiger partial charge in [-0.1, -0.05) is 22.0 Å². The van der Waals surface area contributed by atoms with Crippen molar-refractivity contribution in [2.75, 3.05) is 0 Å². The summed E-state index contributed by atoms with van der Waals surface area (Å²) in [7, 11) is 0. The Bertz CT molecular complexity index is 613. The predicted molar refractivity (Wildman–Crippen MR) is 61.3 cm³/mol. The molecule has 0 atom stereocenters. The van der Waals surface area contributed by atoms with Crippen LogP contribution in [0.2, 0.25) is 0 Å². The lowest BCUT2D eigenvalue weighted by atomic mass is 10.2. The fourth-order valence-corrected chi connectivity index (χ4v) is 2.34. The molecule has 3 rings (SSSR count). The number of halogens is 1. The van der Waals surface area contributed by atoms with E-state index in [-0.39, 0.29) is 0 Å². The third kappa shape index (κ3) is 0.990. The summed E-state index contributed by atoms with van der Waals surface area (Å²) in [4.78, 5) is 7.42. The fraction of sp³-hybridized carbons (Fsp3) is 0. The molecule has 0 bridgehead atoms. The van der Waals surface area contributed by atoms with Crippen molar-refractivity contribution in [3.8, 4) is 0 Å². The van der Waals surface area contributed by atoms with E-state index in [4.69, 9.17) is 0 Å². The van der Waals surface area contributed by atoms with Crippen LogP contribution in [-0.4, -0.2) is 9.97 Å². The Morgan fingerprint density at radius 1 is 1.14 bits per heavy atom. The van der Waals surface area contributed by atoms with Crippen LogP contribution in [0.15, 0.2) is 41.1 Å². The van der Waals surface area contributed by atoms with Crippen LogP contribution in [0.3, 0.4) is 0 Å². The summed E-state index contributed by atoms with van der Waals surface area (Å²) in [6, 6.07) is 8.17. The number of hydrogen-bond donors (Lipinski definition) is 1. The number of pyridine rings is 1. The molecule has 3 heteroatoms. The summed E-state index contributed by atoms with van der Waals surface area (Å²) >= 11 is 3.56. The maximum atomic E-state index is 4.09. The van der Waals surface area contributed by atoms with Crippen LogP contribution in [0.25, 0.3) is 21.8 Å². The molecule has 2 aromatic heterocycles. The number of rotatable bonds is 0. The topological polar surface area (TPSA) is 28.7 Å². The molecule has 0 spiro atoms. The zero-order chi connectivity index (χ0) is 9.54. The van der Waals surface area contributed by atoms with E-state index in [9.17, 15) is 0 Å². The normalized spacial score (nSPS) is 11.2. The average molecular weight is 247 g/mol. The van der Waals surface area contributed by atoms with Gasteiger partial charge in [0.15, 0.2) is 0 Å². The number of nitrogens with zero attached hydrogens (tertiary/aromatic N) is 1. The van der Waals surface area contributed by atoms with E-state index in [0.717, 1.165) is 15.5 Å². The lowest BCUT2D eigenvalue weighted by Crippen LogP contribution is -1.70. The SMILES string of the molecule is Brc1cccc2[nH]c3cnccc3c12. The molecule has 0 saturated carbocycles. The van der Waals surface area contributed by atoms with E-state index < -0.39 is 0 Å². The molecule has 2 heterocycles. The largest absolute Gasteiger partial charge is 0.353 e. The molecule has 14 heavy (non-hydrogen) atoms. The molecule has 0 unspecified atom stereocenters. The number of aromatic amines is 1. The molecule has 0 radical (unpaired) electrons. The smallest absolute Gasteiger partial charge is 0.0651 e. The second-order valence-electron chi connectivity index (χ2n) is 3.21. The molecule has 68 valence electrons. The van der Waals surface area contributed by atoms with Gasteiger partial charge in [0.2, 0.25) is 0 Å². The number of H-pyrrole nitrogens is 1. The minimum atomic E-state index is 1.08. The van der Waals surface area contributed by atoms with Crippen LogP contribution in [-0.2, 0) is 0 Å². The van der Waals surface area contributed by atoms with Gasteiger partial charge in [-0.05, 0) is 18.2 Å². The second kappa shape index (κ2) is 2.82. The summed E-state index contributed by atoms with van der Waals surface area (Å²) in [5.74, 6) is 0. The van der Waals surface area contributed by atoms with Crippen molar-refractivity contribution < 1.29 is 0 Å². The first-order valence-corrected chi connectivity index (χ1v) is 5.15. The van der Waals surface area contributed by atoms with Gasteiger partial charge in [-0.15, -0.1) is 0 Å². The number of fused-ring (bicyclic) bond motifs is 3. The number of aromatic nitrogens is 2. The van der Waals surface area contributed by atoms with Gasteiger partial charge in [0.05, 0.1) is 11.7 Å². The van der Waals surface area contributed by atoms with Crippen molar-refractivity contribution >= 4 is 37.7 Å². The molecule has 3 aromatic rings. The van der Waals surface area contributed by atoms with E-state index >= 15 is 0 Å². The van der Waals surface area contributed by atoms with Crippen molar-refractivity contribution in [2.45, 2.75) is 0 Å². The van der Waals surface area contributed by atoms with Crippen LogP contribution < -0.4 is 0 Å². The first-order valence-electron chi connectivity index (χ1n) is 4.36. The molecule has 0 fully saturated rings. The van der Waals surface area contributed by atoms with Crippen LogP contribution in [0.1, 0.15) is 0 Å². The molecular weight excluding hydrogens is 240 g/mol. The fourth-order valence-electron chi connectivity index (χ4n) is 1.76. The maximum absolute atomic E-state index is 4.09. The van der Waals surface area contributed by atoms with Gasteiger partial charge in [-0.25, -0.2) is 0 Å². The highest BCUT2D eigenvalue weighted by Crippen LogP contribution is 2.30. The highest BCUT2D eigenvalue weighted by molar-refractivity contribution is 9.10. The molecule has 1 N–H and O–H groups in total. The van der Waals surface area contributed by atoms with Gasteiger partial charge in [-0.2, -0.15) is 0 Å². The summed E-state index contributed by atoms with van der Waals surface area (Å²) in [5.41, 5.74) is 2.22. The number of nitrogens with one attached hydrogen (secondary N) is 1. The summed E-state index contributed by atoms with van der Waals surface area (Å²) in [6.45, 7) is 0. The summed E-state index contributed by atoms with van der Waals surface area (Å²) in [6.07, 6.45) is 3.66. The molecule has 0 saturated heterocycles. The third-order valence-electron chi connectivity index (χ3n) is 2.37.